The quantitative estimate of drug-likeness (QED) is 0.405. The van der Waals surface area contributed by atoms with Crippen LogP contribution in [0.2, 0.25) is 0 Å². The Morgan fingerprint density at radius 2 is 1.70 bits per heavy atom. The van der Waals surface area contributed by atoms with Gasteiger partial charge < -0.3 is 25.1 Å². The summed E-state index contributed by atoms with van der Waals surface area (Å²) in [6.07, 6.45) is 0.834. The highest BCUT2D eigenvalue weighted by Gasteiger charge is 2.37. The van der Waals surface area contributed by atoms with Crippen LogP contribution in [0.25, 0.3) is 0 Å². The number of hydrogen-bond acceptors (Lipinski definition) is 8. The van der Waals surface area contributed by atoms with Crippen molar-refractivity contribution in [3.63, 3.8) is 0 Å². The first-order valence-electron chi connectivity index (χ1n) is 9.68. The first kappa shape index (κ1) is 25.1. The van der Waals surface area contributed by atoms with E-state index in [9.17, 15) is 24.3 Å². The van der Waals surface area contributed by atoms with Gasteiger partial charge in [-0.2, -0.15) is 0 Å². The fourth-order valence-corrected chi connectivity index (χ4v) is 2.89. The van der Waals surface area contributed by atoms with E-state index in [1.807, 2.05) is 6.92 Å². The first-order valence-corrected chi connectivity index (χ1v) is 9.68. The SMILES string of the molecule is CCCCC(=O)O[C@@H](C)CC(N)(Cc1ccc(OC(C)=O)c(OC(C)=O)c1)C(=O)O. The molecule has 0 fully saturated rings. The maximum Gasteiger partial charge on any atom is 0.324 e. The van der Waals surface area contributed by atoms with Crippen molar-refractivity contribution >= 4 is 23.9 Å². The number of carboxylic acids is 1. The zero-order valence-electron chi connectivity index (χ0n) is 17.7. The van der Waals surface area contributed by atoms with Crippen LogP contribution in [-0.2, 0) is 30.3 Å². The van der Waals surface area contributed by atoms with Crippen LogP contribution in [0, 0.1) is 0 Å². The molecule has 1 rings (SSSR count). The molecule has 1 unspecified atom stereocenters. The summed E-state index contributed by atoms with van der Waals surface area (Å²) in [6, 6.07) is 4.31. The zero-order valence-corrected chi connectivity index (χ0v) is 17.7. The van der Waals surface area contributed by atoms with Gasteiger partial charge in [0.05, 0.1) is 0 Å². The van der Waals surface area contributed by atoms with E-state index in [0.29, 0.717) is 12.0 Å². The number of rotatable bonds is 11. The minimum absolute atomic E-state index is 0.0256. The van der Waals surface area contributed by atoms with Crippen LogP contribution in [0.15, 0.2) is 18.2 Å². The second-order valence-electron chi connectivity index (χ2n) is 7.21. The van der Waals surface area contributed by atoms with Crippen molar-refractivity contribution in [2.24, 2.45) is 5.73 Å². The second kappa shape index (κ2) is 11.3. The molecule has 1 aromatic carbocycles. The van der Waals surface area contributed by atoms with Gasteiger partial charge in [0, 0.05) is 33.1 Å². The molecule has 0 heterocycles. The van der Waals surface area contributed by atoms with E-state index in [1.165, 1.54) is 32.0 Å². The minimum Gasteiger partial charge on any atom is -0.480 e. The Kier molecular flexibility index (Phi) is 9.45. The van der Waals surface area contributed by atoms with Crippen molar-refractivity contribution < 1.29 is 38.5 Å². The predicted octanol–water partition coefficient (Wildman–Crippen LogP) is 2.37. The number of carboxylic acid groups (broad SMARTS) is 1. The molecular formula is C21H29NO8. The van der Waals surface area contributed by atoms with E-state index < -0.39 is 35.5 Å². The van der Waals surface area contributed by atoms with E-state index in [0.717, 1.165) is 6.42 Å². The maximum absolute atomic E-state index is 11.9. The lowest BCUT2D eigenvalue weighted by Gasteiger charge is -2.28. The van der Waals surface area contributed by atoms with Crippen LogP contribution in [0.4, 0.5) is 0 Å². The molecular weight excluding hydrogens is 394 g/mol. The Balaban J connectivity index is 3.02. The van der Waals surface area contributed by atoms with Gasteiger partial charge in [-0.05, 0) is 31.0 Å². The van der Waals surface area contributed by atoms with Crippen molar-refractivity contribution in [2.45, 2.75) is 71.4 Å². The van der Waals surface area contributed by atoms with Crippen molar-refractivity contribution in [1.29, 1.82) is 0 Å². The summed E-state index contributed by atoms with van der Waals surface area (Å²) in [4.78, 5) is 46.2. The molecule has 0 aromatic heterocycles. The highest BCUT2D eigenvalue weighted by Crippen LogP contribution is 2.31. The molecule has 0 spiro atoms. The monoisotopic (exact) mass is 423 g/mol. The Bertz CT molecular complexity index is 791. The Morgan fingerprint density at radius 1 is 1.10 bits per heavy atom. The predicted molar refractivity (Wildman–Crippen MR) is 107 cm³/mol. The second-order valence-corrected chi connectivity index (χ2v) is 7.21. The number of ether oxygens (including phenoxy) is 3. The number of aliphatic carboxylic acids is 1. The standard InChI is InChI=1S/C21H29NO8/c1-5-6-7-19(25)28-13(2)11-21(22,20(26)27)12-16-8-9-17(29-14(3)23)18(10-16)30-15(4)24/h8-10,13H,5-7,11-12,22H2,1-4H3,(H,26,27)/t13-,21?/m0/s1. The third-order valence-electron chi connectivity index (χ3n) is 4.18. The van der Waals surface area contributed by atoms with E-state index >= 15 is 0 Å². The highest BCUT2D eigenvalue weighted by molar-refractivity contribution is 5.79. The molecule has 0 saturated carbocycles. The topological polar surface area (TPSA) is 142 Å². The number of unbranched alkanes of at least 4 members (excludes halogenated alkanes) is 1. The summed E-state index contributed by atoms with van der Waals surface area (Å²) in [5, 5.41) is 9.69. The van der Waals surface area contributed by atoms with Crippen LogP contribution in [0.5, 0.6) is 11.5 Å². The fourth-order valence-electron chi connectivity index (χ4n) is 2.89. The third-order valence-corrected chi connectivity index (χ3v) is 4.18. The summed E-state index contributed by atoms with van der Waals surface area (Å²) in [7, 11) is 0. The van der Waals surface area contributed by atoms with Gasteiger partial charge in [0.25, 0.3) is 0 Å². The average Bonchev–Trinajstić information content (AvgIpc) is 2.60. The van der Waals surface area contributed by atoms with Gasteiger partial charge >= 0.3 is 23.9 Å². The molecule has 166 valence electrons. The normalized spacial score (nSPS) is 13.6. The molecule has 3 N–H and O–H groups in total. The first-order chi connectivity index (χ1) is 14.0. The smallest absolute Gasteiger partial charge is 0.324 e. The lowest BCUT2D eigenvalue weighted by atomic mass is 9.86. The molecule has 1 aromatic rings. The molecule has 9 nitrogen and oxygen atoms in total. The van der Waals surface area contributed by atoms with Gasteiger partial charge in [-0.25, -0.2) is 0 Å². The molecule has 0 saturated heterocycles. The van der Waals surface area contributed by atoms with Crippen molar-refractivity contribution in [3.8, 4) is 11.5 Å². The number of nitrogens with two attached hydrogens (primary N) is 1. The summed E-state index contributed by atoms with van der Waals surface area (Å²) >= 11 is 0. The molecule has 0 bridgehead atoms. The van der Waals surface area contributed by atoms with Gasteiger partial charge in [-0.3, -0.25) is 19.2 Å². The number of esters is 3. The summed E-state index contributed by atoms with van der Waals surface area (Å²) < 4.78 is 15.3. The Morgan fingerprint density at radius 3 is 2.23 bits per heavy atom. The van der Waals surface area contributed by atoms with Gasteiger partial charge in [0.15, 0.2) is 11.5 Å². The molecule has 0 radical (unpaired) electrons. The zero-order chi connectivity index (χ0) is 22.9. The van der Waals surface area contributed by atoms with E-state index in [1.54, 1.807) is 6.92 Å². The minimum atomic E-state index is -1.74. The molecule has 2 atom stereocenters. The van der Waals surface area contributed by atoms with E-state index in [-0.39, 0.29) is 30.8 Å². The highest BCUT2D eigenvalue weighted by atomic mass is 16.6. The van der Waals surface area contributed by atoms with Crippen molar-refractivity contribution in [2.75, 3.05) is 0 Å². The summed E-state index contributed by atoms with van der Waals surface area (Å²) in [5.41, 5.74) is 4.84. The largest absolute Gasteiger partial charge is 0.480 e. The third kappa shape index (κ3) is 8.20. The maximum atomic E-state index is 11.9. The molecule has 0 amide bonds. The van der Waals surface area contributed by atoms with E-state index in [4.69, 9.17) is 19.9 Å². The number of carbonyl (C=O) groups excluding carboxylic acids is 3. The molecule has 9 heteroatoms. The Hall–Kier alpha value is -2.94. The lowest BCUT2D eigenvalue weighted by Crippen LogP contribution is -2.52. The lowest BCUT2D eigenvalue weighted by molar-refractivity contribution is -0.153. The molecule has 0 aliphatic heterocycles. The van der Waals surface area contributed by atoms with Crippen LogP contribution in [0.3, 0.4) is 0 Å². The van der Waals surface area contributed by atoms with Crippen molar-refractivity contribution in [1.82, 2.24) is 0 Å². The van der Waals surface area contributed by atoms with Crippen LogP contribution in [-0.4, -0.2) is 40.6 Å². The molecule has 30 heavy (non-hydrogen) atoms. The number of carbonyl (C=O) groups is 4. The fraction of sp³-hybridized carbons (Fsp3) is 0.524. The van der Waals surface area contributed by atoms with Crippen LogP contribution < -0.4 is 15.2 Å². The van der Waals surface area contributed by atoms with E-state index in [2.05, 4.69) is 0 Å². The Labute approximate surface area is 175 Å². The van der Waals surface area contributed by atoms with Gasteiger partial charge in [-0.1, -0.05) is 19.4 Å². The van der Waals surface area contributed by atoms with Gasteiger partial charge in [0.2, 0.25) is 0 Å². The number of hydrogen-bond donors (Lipinski definition) is 2. The molecule has 0 aliphatic carbocycles. The molecule has 0 aliphatic rings. The van der Waals surface area contributed by atoms with Crippen LogP contribution >= 0.6 is 0 Å². The van der Waals surface area contributed by atoms with Crippen molar-refractivity contribution in [3.05, 3.63) is 23.8 Å². The van der Waals surface area contributed by atoms with Crippen LogP contribution in [0.1, 0.15) is 58.9 Å². The number of benzene rings is 1. The van der Waals surface area contributed by atoms with Gasteiger partial charge in [0.1, 0.15) is 11.6 Å². The van der Waals surface area contributed by atoms with Gasteiger partial charge in [-0.15, -0.1) is 0 Å². The summed E-state index contributed by atoms with van der Waals surface area (Å²) in [6.45, 7) is 5.92. The average molecular weight is 423 g/mol. The summed E-state index contributed by atoms with van der Waals surface area (Å²) in [5.74, 6) is -2.91.